The second-order valence-electron chi connectivity index (χ2n) is 7.15. The van der Waals surface area contributed by atoms with E-state index in [0.29, 0.717) is 13.2 Å². The Morgan fingerprint density at radius 3 is 2.38 bits per heavy atom. The third-order valence-electron chi connectivity index (χ3n) is 5.12. The highest BCUT2D eigenvalue weighted by molar-refractivity contribution is 5.79. The second-order valence-corrected chi connectivity index (χ2v) is 7.15. The van der Waals surface area contributed by atoms with Gasteiger partial charge in [0, 0.05) is 18.2 Å². The number of carbonyl (C=O) groups is 1. The van der Waals surface area contributed by atoms with E-state index in [9.17, 15) is 4.79 Å². The first-order chi connectivity index (χ1) is 14.2. The van der Waals surface area contributed by atoms with Crippen molar-refractivity contribution in [3.8, 4) is 11.1 Å². The zero-order chi connectivity index (χ0) is 20.1. The number of fused-ring (bicyclic) bond motifs is 3. The minimum absolute atomic E-state index is 0.0837. The molecule has 1 heterocycles. The molecule has 3 aromatic rings. The summed E-state index contributed by atoms with van der Waals surface area (Å²) in [7, 11) is 0. The number of hydrogen-bond acceptors (Lipinski definition) is 3. The molecule has 0 spiro atoms. The second kappa shape index (κ2) is 8.74. The molecular weight excluding hydrogens is 360 g/mol. The highest BCUT2D eigenvalue weighted by Crippen LogP contribution is 2.44. The summed E-state index contributed by atoms with van der Waals surface area (Å²) in [6.45, 7) is 2.83. The van der Waals surface area contributed by atoms with Crippen molar-refractivity contribution in [2.24, 2.45) is 0 Å². The summed E-state index contributed by atoms with van der Waals surface area (Å²) in [6.07, 6.45) is 4.31. The lowest BCUT2D eigenvalue weighted by Gasteiger charge is -2.14. The molecule has 0 radical (unpaired) electrons. The summed E-state index contributed by atoms with van der Waals surface area (Å²) in [6, 6.07) is 22.6. The van der Waals surface area contributed by atoms with Crippen LogP contribution in [0, 0.1) is 6.92 Å². The number of benzene rings is 2. The molecule has 0 bridgehead atoms. The Hall–Kier alpha value is -3.40. The number of hydrogen-bond donors (Lipinski definition) is 1. The topological polar surface area (TPSA) is 51.2 Å². The fourth-order valence-corrected chi connectivity index (χ4v) is 3.77. The summed E-state index contributed by atoms with van der Waals surface area (Å²) in [4.78, 5) is 16.5. The molecule has 0 fully saturated rings. The van der Waals surface area contributed by atoms with Gasteiger partial charge in [0.2, 0.25) is 0 Å². The molecule has 0 unspecified atom stereocenters. The molecule has 1 aromatic heterocycles. The number of alkyl carbamates (subject to hydrolysis) is 1. The number of amides is 1. The molecule has 4 rings (SSSR count). The highest BCUT2D eigenvalue weighted by atomic mass is 16.5. The van der Waals surface area contributed by atoms with Crippen LogP contribution in [-0.2, 0) is 4.74 Å². The van der Waals surface area contributed by atoms with Crippen molar-refractivity contribution < 1.29 is 9.53 Å². The maximum Gasteiger partial charge on any atom is 0.407 e. The van der Waals surface area contributed by atoms with Crippen LogP contribution in [0.4, 0.5) is 4.79 Å². The summed E-state index contributed by atoms with van der Waals surface area (Å²) in [5, 5.41) is 2.82. The van der Waals surface area contributed by atoms with Gasteiger partial charge in [-0.05, 0) is 53.8 Å². The van der Waals surface area contributed by atoms with E-state index in [1.54, 1.807) is 0 Å². The SMILES string of the molecule is Cc1cccc(C=CCCNC(=O)OCC2c3ccccc3-c3ccccc32)n1. The average Bonchev–Trinajstić information content (AvgIpc) is 3.06. The number of pyridine rings is 1. The number of carbonyl (C=O) groups excluding carboxylic acids is 1. The Balaban J connectivity index is 1.28. The number of nitrogens with one attached hydrogen (secondary N) is 1. The van der Waals surface area contributed by atoms with Crippen LogP contribution >= 0.6 is 0 Å². The van der Waals surface area contributed by atoms with Gasteiger partial charge in [-0.25, -0.2) is 4.79 Å². The van der Waals surface area contributed by atoms with Gasteiger partial charge in [0.25, 0.3) is 0 Å². The molecule has 1 aliphatic rings. The number of aromatic nitrogens is 1. The first-order valence-corrected chi connectivity index (χ1v) is 9.91. The molecule has 0 saturated heterocycles. The van der Waals surface area contributed by atoms with Gasteiger partial charge in [-0.1, -0.05) is 60.7 Å². The summed E-state index contributed by atoms with van der Waals surface area (Å²) in [5.74, 6) is 0.0837. The summed E-state index contributed by atoms with van der Waals surface area (Å²) >= 11 is 0. The number of ether oxygens (including phenoxy) is 1. The summed E-state index contributed by atoms with van der Waals surface area (Å²) < 4.78 is 5.53. The van der Waals surface area contributed by atoms with Crippen LogP contribution in [0.3, 0.4) is 0 Å². The van der Waals surface area contributed by atoms with Gasteiger partial charge in [0.15, 0.2) is 0 Å². The number of rotatable bonds is 6. The van der Waals surface area contributed by atoms with Gasteiger partial charge in [0.05, 0.1) is 5.69 Å². The van der Waals surface area contributed by atoms with E-state index in [1.165, 1.54) is 22.3 Å². The molecule has 0 atom stereocenters. The first kappa shape index (κ1) is 18.9. The molecule has 146 valence electrons. The minimum Gasteiger partial charge on any atom is -0.449 e. The van der Waals surface area contributed by atoms with Crippen LogP contribution in [-0.4, -0.2) is 24.2 Å². The first-order valence-electron chi connectivity index (χ1n) is 9.91. The van der Waals surface area contributed by atoms with Crippen LogP contribution in [0.25, 0.3) is 17.2 Å². The standard InChI is InChI=1S/C25H24N2O2/c1-18-9-8-11-19(27-18)10-6-7-16-26-25(28)29-17-24-22-14-4-2-12-20(22)21-13-3-5-15-23(21)24/h2-6,8-15,24H,7,16-17H2,1H3,(H,26,28). The van der Waals surface area contributed by atoms with Crippen molar-refractivity contribution in [3.05, 3.63) is 95.3 Å². The monoisotopic (exact) mass is 384 g/mol. The minimum atomic E-state index is -0.381. The zero-order valence-corrected chi connectivity index (χ0v) is 16.5. The van der Waals surface area contributed by atoms with Gasteiger partial charge < -0.3 is 10.1 Å². The van der Waals surface area contributed by atoms with Crippen LogP contribution in [0.1, 0.15) is 34.9 Å². The molecule has 0 saturated carbocycles. The molecule has 4 nitrogen and oxygen atoms in total. The molecule has 2 aromatic carbocycles. The fraction of sp³-hybridized carbons (Fsp3) is 0.200. The highest BCUT2D eigenvalue weighted by Gasteiger charge is 2.28. The predicted octanol–water partition coefficient (Wildman–Crippen LogP) is 5.33. The Bertz CT molecular complexity index is 997. The molecule has 0 aliphatic heterocycles. The molecule has 1 N–H and O–H groups in total. The Morgan fingerprint density at radius 1 is 1.00 bits per heavy atom. The van der Waals surface area contributed by atoms with E-state index in [2.05, 4.69) is 34.6 Å². The zero-order valence-electron chi connectivity index (χ0n) is 16.5. The lowest BCUT2D eigenvalue weighted by Crippen LogP contribution is -2.26. The normalized spacial score (nSPS) is 12.6. The van der Waals surface area contributed by atoms with Crippen LogP contribution in [0.5, 0.6) is 0 Å². The number of nitrogens with zero attached hydrogens (tertiary/aromatic N) is 1. The predicted molar refractivity (Wildman–Crippen MR) is 116 cm³/mol. The van der Waals surface area contributed by atoms with Crippen molar-refractivity contribution >= 4 is 12.2 Å². The Labute approximate surface area is 171 Å². The molecule has 4 heteroatoms. The maximum absolute atomic E-state index is 12.1. The molecule has 1 amide bonds. The van der Waals surface area contributed by atoms with E-state index < -0.39 is 0 Å². The lowest BCUT2D eigenvalue weighted by atomic mass is 9.98. The maximum atomic E-state index is 12.1. The van der Waals surface area contributed by atoms with E-state index in [0.717, 1.165) is 17.8 Å². The van der Waals surface area contributed by atoms with E-state index in [1.807, 2.05) is 61.5 Å². The number of aryl methyl sites for hydroxylation is 1. The molecule has 29 heavy (non-hydrogen) atoms. The van der Waals surface area contributed by atoms with Gasteiger partial charge in [-0.3, -0.25) is 4.98 Å². The fourth-order valence-electron chi connectivity index (χ4n) is 3.77. The van der Waals surface area contributed by atoms with Crippen molar-refractivity contribution in [3.63, 3.8) is 0 Å². The van der Waals surface area contributed by atoms with Gasteiger partial charge >= 0.3 is 6.09 Å². The van der Waals surface area contributed by atoms with Crippen molar-refractivity contribution in [2.75, 3.05) is 13.2 Å². The van der Waals surface area contributed by atoms with Crippen molar-refractivity contribution in [1.29, 1.82) is 0 Å². The third-order valence-corrected chi connectivity index (χ3v) is 5.12. The smallest absolute Gasteiger partial charge is 0.407 e. The molecule has 1 aliphatic carbocycles. The van der Waals surface area contributed by atoms with Gasteiger partial charge in [0.1, 0.15) is 6.61 Å². The quantitative estimate of drug-likeness (QED) is 0.584. The largest absolute Gasteiger partial charge is 0.449 e. The Kier molecular flexibility index (Phi) is 5.71. The van der Waals surface area contributed by atoms with Crippen molar-refractivity contribution in [2.45, 2.75) is 19.3 Å². The third kappa shape index (κ3) is 4.37. The van der Waals surface area contributed by atoms with E-state index in [-0.39, 0.29) is 12.0 Å². The molecular formula is C25H24N2O2. The van der Waals surface area contributed by atoms with E-state index >= 15 is 0 Å². The van der Waals surface area contributed by atoms with E-state index in [4.69, 9.17) is 4.74 Å². The van der Waals surface area contributed by atoms with Crippen molar-refractivity contribution in [1.82, 2.24) is 10.3 Å². The van der Waals surface area contributed by atoms with Crippen LogP contribution in [0.15, 0.2) is 72.8 Å². The van der Waals surface area contributed by atoms with Gasteiger partial charge in [-0.2, -0.15) is 0 Å². The van der Waals surface area contributed by atoms with Gasteiger partial charge in [-0.15, -0.1) is 0 Å². The summed E-state index contributed by atoms with van der Waals surface area (Å²) in [5.41, 5.74) is 6.80. The average molecular weight is 384 g/mol. The lowest BCUT2D eigenvalue weighted by molar-refractivity contribution is 0.143. The van der Waals surface area contributed by atoms with Crippen LogP contribution < -0.4 is 5.32 Å². The van der Waals surface area contributed by atoms with Crippen LogP contribution in [0.2, 0.25) is 0 Å². The Morgan fingerprint density at radius 2 is 1.69 bits per heavy atom.